The van der Waals surface area contributed by atoms with Crippen LogP contribution >= 0.6 is 0 Å². The van der Waals surface area contributed by atoms with Gasteiger partial charge in [0.15, 0.2) is 0 Å². The molecule has 0 spiro atoms. The largest absolute Gasteiger partial charge is 0.295 e. The first-order chi connectivity index (χ1) is 11.0. The average Bonchev–Trinajstić information content (AvgIpc) is 2.55. The molecule has 0 amide bonds. The van der Waals surface area contributed by atoms with Crippen LogP contribution < -0.4 is 0 Å². The molecule has 0 aromatic rings. The monoisotopic (exact) mass is 350 g/mol. The first-order valence-electron chi connectivity index (χ1n) is 9.72. The second-order valence-electron chi connectivity index (χ2n) is 6.98. The summed E-state index contributed by atoms with van der Waals surface area (Å²) in [6.07, 6.45) is 20.1. The molecular formula is C19H42O3S. The lowest BCUT2D eigenvalue weighted by Gasteiger charge is -2.35. The van der Waals surface area contributed by atoms with E-state index in [0.717, 1.165) is 12.8 Å². The lowest BCUT2D eigenvalue weighted by Crippen LogP contribution is -2.38. The van der Waals surface area contributed by atoms with Crippen LogP contribution in [-0.2, 0) is 18.0 Å². The number of hydrogen-bond donors (Lipinski definition) is 0. The van der Waals surface area contributed by atoms with Crippen LogP contribution in [0.3, 0.4) is 0 Å². The van der Waals surface area contributed by atoms with Crippen LogP contribution in [0.1, 0.15) is 96.8 Å². The molecule has 0 fully saturated rings. The van der Waals surface area contributed by atoms with Gasteiger partial charge in [-0.05, 0) is 6.42 Å². The normalized spacial score (nSPS) is 13.8. The lowest BCUT2D eigenvalue weighted by molar-refractivity contribution is 0.289. The highest BCUT2D eigenvalue weighted by atomic mass is 32.3. The predicted molar refractivity (Wildman–Crippen MR) is 103 cm³/mol. The molecule has 0 aromatic heterocycles. The third-order valence-electron chi connectivity index (χ3n) is 4.79. The number of unbranched alkanes of at least 4 members (excludes halogenated alkanes) is 13. The van der Waals surface area contributed by atoms with Gasteiger partial charge in [0.25, 0.3) is 0 Å². The van der Waals surface area contributed by atoms with Crippen LogP contribution in [0.25, 0.3) is 0 Å². The molecule has 0 aromatic carbocycles. The van der Waals surface area contributed by atoms with E-state index in [1.54, 1.807) is 6.26 Å². The molecular weight excluding hydrogens is 308 g/mol. The Kier molecular flexibility index (Phi) is 13.4. The molecule has 0 atom stereocenters. The van der Waals surface area contributed by atoms with E-state index < -0.39 is 9.63 Å². The highest BCUT2D eigenvalue weighted by molar-refractivity contribution is 8.11. The summed E-state index contributed by atoms with van der Waals surface area (Å²) in [7, 11) is -0.318. The Hall–Kier alpha value is 0.0700. The van der Waals surface area contributed by atoms with Crippen molar-refractivity contribution in [3.63, 3.8) is 0 Å². The van der Waals surface area contributed by atoms with Crippen molar-refractivity contribution < 1.29 is 12.6 Å². The van der Waals surface area contributed by atoms with Gasteiger partial charge in [0, 0.05) is 12.0 Å². The zero-order valence-electron chi connectivity index (χ0n) is 16.2. The molecule has 0 bridgehead atoms. The Labute approximate surface area is 145 Å². The smallest absolute Gasteiger partial charge is 0.0840 e. The van der Waals surface area contributed by atoms with Crippen LogP contribution in [0.2, 0.25) is 0 Å². The maximum atomic E-state index is 12.4. The summed E-state index contributed by atoms with van der Waals surface area (Å²) in [5.41, 5.74) is 0. The zero-order valence-corrected chi connectivity index (χ0v) is 17.1. The van der Waals surface area contributed by atoms with E-state index in [1.807, 2.05) is 0 Å². The zero-order chi connectivity index (χ0) is 17.5. The molecule has 0 aliphatic heterocycles. The van der Waals surface area contributed by atoms with Crippen LogP contribution in [0.5, 0.6) is 0 Å². The van der Waals surface area contributed by atoms with E-state index in [9.17, 15) is 4.21 Å². The molecule has 0 saturated heterocycles. The third-order valence-corrected chi connectivity index (χ3v) is 7.67. The van der Waals surface area contributed by atoms with Gasteiger partial charge in [0.05, 0.1) is 23.8 Å². The van der Waals surface area contributed by atoms with Crippen molar-refractivity contribution in [3.05, 3.63) is 0 Å². The molecule has 3 nitrogen and oxygen atoms in total. The maximum Gasteiger partial charge on any atom is 0.0840 e. The summed E-state index contributed by atoms with van der Waals surface area (Å²) in [6.45, 7) is 2.27. The van der Waals surface area contributed by atoms with Gasteiger partial charge in [0.2, 0.25) is 0 Å². The molecule has 0 N–H and O–H groups in total. The average molecular weight is 351 g/mol. The predicted octanol–water partition coefficient (Wildman–Crippen LogP) is 6.04. The molecule has 142 valence electrons. The van der Waals surface area contributed by atoms with Crippen molar-refractivity contribution >= 4 is 9.63 Å². The first kappa shape index (κ1) is 23.1. The van der Waals surface area contributed by atoms with Crippen molar-refractivity contribution in [2.45, 2.75) is 96.8 Å². The maximum absolute atomic E-state index is 12.4. The van der Waals surface area contributed by atoms with Crippen molar-refractivity contribution in [3.8, 4) is 0 Å². The van der Waals surface area contributed by atoms with Crippen molar-refractivity contribution in [2.24, 2.45) is 0 Å². The van der Waals surface area contributed by atoms with E-state index in [1.165, 1.54) is 91.3 Å². The Morgan fingerprint density at radius 3 is 1.22 bits per heavy atom. The molecule has 0 unspecified atom stereocenters. The van der Waals surface area contributed by atoms with E-state index in [-0.39, 0.29) is 0 Å². The number of hydrogen-bond acceptors (Lipinski definition) is 3. The molecule has 0 rings (SSSR count). The van der Waals surface area contributed by atoms with Crippen molar-refractivity contribution in [1.29, 1.82) is 0 Å². The van der Waals surface area contributed by atoms with Gasteiger partial charge in [-0.15, -0.1) is 0 Å². The third kappa shape index (κ3) is 13.1. The Morgan fingerprint density at radius 1 is 0.609 bits per heavy atom. The highest BCUT2D eigenvalue weighted by Crippen LogP contribution is 2.25. The molecule has 0 aliphatic carbocycles. The quantitative estimate of drug-likeness (QED) is 0.300. The second kappa shape index (κ2) is 13.4. The van der Waals surface area contributed by atoms with Crippen LogP contribution in [0.4, 0.5) is 0 Å². The van der Waals surface area contributed by atoms with Gasteiger partial charge in [-0.1, -0.05) is 90.4 Å². The Balaban J connectivity index is 3.30. The van der Waals surface area contributed by atoms with Gasteiger partial charge in [0.1, 0.15) is 0 Å². The topological polar surface area (TPSA) is 35.5 Å². The summed E-state index contributed by atoms with van der Waals surface area (Å²) in [5.74, 6) is 0.516. The molecule has 0 heterocycles. The van der Waals surface area contributed by atoms with E-state index in [4.69, 9.17) is 8.37 Å². The summed E-state index contributed by atoms with van der Waals surface area (Å²) in [6, 6.07) is 0. The lowest BCUT2D eigenvalue weighted by atomic mass is 10.0. The molecule has 0 aliphatic rings. The molecule has 23 heavy (non-hydrogen) atoms. The van der Waals surface area contributed by atoms with Gasteiger partial charge in [-0.25, -0.2) is 4.21 Å². The fourth-order valence-corrected chi connectivity index (χ4v) is 4.17. The van der Waals surface area contributed by atoms with Gasteiger partial charge in [-0.3, -0.25) is 8.37 Å². The minimum Gasteiger partial charge on any atom is -0.295 e. The fraction of sp³-hybridized carbons (Fsp3) is 1.00. The van der Waals surface area contributed by atoms with Crippen LogP contribution in [-0.4, -0.2) is 30.4 Å². The van der Waals surface area contributed by atoms with Gasteiger partial charge >= 0.3 is 0 Å². The molecule has 4 heteroatoms. The van der Waals surface area contributed by atoms with Gasteiger partial charge in [-0.2, -0.15) is 0 Å². The Morgan fingerprint density at radius 2 is 0.913 bits per heavy atom. The highest BCUT2D eigenvalue weighted by Gasteiger charge is 2.28. The van der Waals surface area contributed by atoms with E-state index in [0.29, 0.717) is 5.75 Å². The van der Waals surface area contributed by atoms with Crippen LogP contribution in [0.15, 0.2) is 0 Å². The molecule has 0 saturated carbocycles. The summed E-state index contributed by atoms with van der Waals surface area (Å²) < 4.78 is 22.6. The minimum atomic E-state index is -3.27. The Bertz CT molecular complexity index is 321. The van der Waals surface area contributed by atoms with Crippen molar-refractivity contribution in [2.75, 3.05) is 26.2 Å². The van der Waals surface area contributed by atoms with Gasteiger partial charge < -0.3 is 0 Å². The minimum absolute atomic E-state index is 0.516. The number of rotatable bonds is 17. The first-order valence-corrected chi connectivity index (χ1v) is 12.1. The summed E-state index contributed by atoms with van der Waals surface area (Å²) in [4.78, 5) is 0. The molecule has 0 radical (unpaired) electrons. The second-order valence-corrected chi connectivity index (χ2v) is 10.7. The summed E-state index contributed by atoms with van der Waals surface area (Å²) >= 11 is 0. The fourth-order valence-electron chi connectivity index (χ4n) is 2.85. The van der Waals surface area contributed by atoms with Crippen LogP contribution in [0, 0.1) is 0 Å². The van der Waals surface area contributed by atoms with E-state index >= 15 is 0 Å². The van der Waals surface area contributed by atoms with Crippen molar-refractivity contribution in [1.82, 2.24) is 0 Å². The summed E-state index contributed by atoms with van der Waals surface area (Å²) in [5, 5.41) is 0. The van der Waals surface area contributed by atoms with E-state index in [2.05, 4.69) is 6.92 Å². The standard InChI is InChI=1S/C19H42O3S/c1-5-6-7-8-9-10-11-12-13-14-15-16-17-18-19-23(4,20,21-2)22-3/h5-19H2,1-4H3. The SMILES string of the molecule is CCCCCCCCCCCCCCCCS(C)(=O)(OC)OC.